The largest absolute Gasteiger partial charge is 0.256 e. The van der Waals surface area contributed by atoms with Crippen molar-refractivity contribution in [1.29, 1.82) is 0 Å². The molecule has 3 rings (SSSR count). The molecule has 0 aliphatic carbocycles. The smallest absolute Gasteiger partial charge is 0.126 e. The molecule has 0 N–H and O–H groups in total. The van der Waals surface area contributed by atoms with Crippen molar-refractivity contribution >= 4 is 0 Å². The van der Waals surface area contributed by atoms with Gasteiger partial charge in [-0.3, -0.25) is 4.98 Å². The van der Waals surface area contributed by atoms with E-state index in [4.69, 9.17) is 0 Å². The summed E-state index contributed by atoms with van der Waals surface area (Å²) < 4.78 is 13.6. The van der Waals surface area contributed by atoms with Gasteiger partial charge in [0.1, 0.15) is 5.82 Å². The van der Waals surface area contributed by atoms with Gasteiger partial charge >= 0.3 is 0 Å². The monoisotopic (exact) mass is 291 g/mol. The molecule has 1 aromatic heterocycles. The molecule has 0 radical (unpaired) electrons. The predicted octanol–water partition coefficient (Wildman–Crippen LogP) is 5.68. The van der Waals surface area contributed by atoms with Crippen LogP contribution in [0.2, 0.25) is 0 Å². The lowest BCUT2D eigenvalue weighted by Gasteiger charge is -2.14. The molecule has 0 saturated heterocycles. The van der Waals surface area contributed by atoms with Crippen LogP contribution in [0, 0.1) is 5.82 Å². The Kier molecular flexibility index (Phi) is 4.01. The lowest BCUT2D eigenvalue weighted by molar-refractivity contribution is 0.626. The number of hydrogen-bond donors (Lipinski definition) is 0. The first-order valence-corrected chi connectivity index (χ1v) is 7.46. The zero-order chi connectivity index (χ0) is 15.5. The molecule has 3 aromatic rings. The molecule has 2 aromatic carbocycles. The summed E-state index contributed by atoms with van der Waals surface area (Å²) in [6, 6.07) is 19.4. The number of halogens is 1. The third-order valence-corrected chi connectivity index (χ3v) is 3.78. The van der Waals surface area contributed by atoms with E-state index >= 15 is 0 Å². The van der Waals surface area contributed by atoms with Crippen LogP contribution in [0.1, 0.15) is 25.3 Å². The molecule has 1 nitrogen and oxygen atoms in total. The van der Waals surface area contributed by atoms with Crippen LogP contribution in [0.4, 0.5) is 4.39 Å². The summed E-state index contributed by atoms with van der Waals surface area (Å²) in [4.78, 5) is 4.35. The Balaban J connectivity index is 2.17. The fourth-order valence-corrected chi connectivity index (χ4v) is 2.64. The van der Waals surface area contributed by atoms with Crippen LogP contribution in [0.25, 0.3) is 22.4 Å². The van der Waals surface area contributed by atoms with Crippen LogP contribution in [0.15, 0.2) is 66.9 Å². The molecule has 22 heavy (non-hydrogen) atoms. The lowest BCUT2D eigenvalue weighted by atomic mass is 9.91. The van der Waals surface area contributed by atoms with Gasteiger partial charge in [-0.2, -0.15) is 0 Å². The van der Waals surface area contributed by atoms with Gasteiger partial charge in [-0.15, -0.1) is 0 Å². The van der Waals surface area contributed by atoms with Crippen molar-refractivity contribution in [3.8, 4) is 22.4 Å². The molecule has 0 atom stereocenters. The van der Waals surface area contributed by atoms with Gasteiger partial charge in [-0.05, 0) is 34.7 Å². The van der Waals surface area contributed by atoms with Crippen LogP contribution >= 0.6 is 0 Å². The number of nitrogens with zero attached hydrogens (tertiary/aromatic N) is 1. The van der Waals surface area contributed by atoms with Crippen molar-refractivity contribution in [2.24, 2.45) is 0 Å². The van der Waals surface area contributed by atoms with Gasteiger partial charge in [0.2, 0.25) is 0 Å². The summed E-state index contributed by atoms with van der Waals surface area (Å²) in [6.07, 6.45) is 1.52. The third kappa shape index (κ3) is 2.91. The van der Waals surface area contributed by atoms with Gasteiger partial charge < -0.3 is 0 Å². The molecule has 110 valence electrons. The van der Waals surface area contributed by atoms with Gasteiger partial charge in [0.05, 0.1) is 5.69 Å². The van der Waals surface area contributed by atoms with E-state index in [1.165, 1.54) is 23.9 Å². The molecule has 1 heterocycles. The fraction of sp³-hybridized carbons (Fsp3) is 0.150. The zero-order valence-electron chi connectivity index (χ0n) is 12.8. The van der Waals surface area contributed by atoms with E-state index in [0.717, 1.165) is 16.7 Å². The normalized spacial score (nSPS) is 10.9. The van der Waals surface area contributed by atoms with Crippen molar-refractivity contribution < 1.29 is 4.39 Å². The summed E-state index contributed by atoms with van der Waals surface area (Å²) in [5, 5.41) is 0. The molecule has 0 saturated carbocycles. The Morgan fingerprint density at radius 1 is 0.864 bits per heavy atom. The highest BCUT2D eigenvalue weighted by atomic mass is 19.1. The second kappa shape index (κ2) is 6.10. The van der Waals surface area contributed by atoms with Gasteiger partial charge in [0, 0.05) is 17.8 Å². The highest BCUT2D eigenvalue weighted by Gasteiger charge is 2.12. The maximum absolute atomic E-state index is 13.6. The fourth-order valence-electron chi connectivity index (χ4n) is 2.64. The van der Waals surface area contributed by atoms with Crippen LogP contribution in [0.5, 0.6) is 0 Å². The first-order chi connectivity index (χ1) is 10.6. The van der Waals surface area contributed by atoms with Crippen molar-refractivity contribution in [2.75, 3.05) is 0 Å². The van der Waals surface area contributed by atoms with Gasteiger partial charge in [-0.25, -0.2) is 4.39 Å². The molecule has 0 bridgehead atoms. The highest BCUT2D eigenvalue weighted by molar-refractivity contribution is 5.74. The molecular formula is C20H18FN. The van der Waals surface area contributed by atoms with E-state index in [0.29, 0.717) is 11.6 Å². The predicted molar refractivity (Wildman–Crippen MR) is 89.2 cm³/mol. The second-order valence-electron chi connectivity index (χ2n) is 5.68. The minimum Gasteiger partial charge on any atom is -0.256 e. The van der Waals surface area contributed by atoms with Crippen molar-refractivity contribution in [2.45, 2.75) is 19.8 Å². The molecule has 0 unspecified atom stereocenters. The van der Waals surface area contributed by atoms with Crippen LogP contribution in [0.3, 0.4) is 0 Å². The van der Waals surface area contributed by atoms with Crippen molar-refractivity contribution in [3.63, 3.8) is 0 Å². The average Bonchev–Trinajstić information content (AvgIpc) is 2.55. The molecule has 0 aliphatic rings. The molecule has 2 heteroatoms. The maximum atomic E-state index is 13.6. The van der Waals surface area contributed by atoms with E-state index in [-0.39, 0.29) is 5.82 Å². The van der Waals surface area contributed by atoms with Gasteiger partial charge in [-0.1, -0.05) is 56.3 Å². The number of hydrogen-bond acceptors (Lipinski definition) is 1. The lowest BCUT2D eigenvalue weighted by Crippen LogP contribution is -1.95. The van der Waals surface area contributed by atoms with E-state index < -0.39 is 0 Å². The van der Waals surface area contributed by atoms with Crippen LogP contribution < -0.4 is 0 Å². The third-order valence-electron chi connectivity index (χ3n) is 3.78. The number of rotatable bonds is 3. The highest BCUT2D eigenvalue weighted by Crippen LogP contribution is 2.32. The molecule has 0 spiro atoms. The maximum Gasteiger partial charge on any atom is 0.126 e. The Hall–Kier alpha value is -2.48. The molecule has 0 amide bonds. The summed E-state index contributed by atoms with van der Waals surface area (Å²) in [7, 11) is 0. The second-order valence-corrected chi connectivity index (χ2v) is 5.68. The topological polar surface area (TPSA) is 12.9 Å². The van der Waals surface area contributed by atoms with Gasteiger partial charge in [0.25, 0.3) is 0 Å². The summed E-state index contributed by atoms with van der Waals surface area (Å²) in [6.45, 7) is 4.28. The number of benzene rings is 2. The van der Waals surface area contributed by atoms with Gasteiger partial charge in [0.15, 0.2) is 0 Å². The minimum atomic E-state index is -0.259. The summed E-state index contributed by atoms with van der Waals surface area (Å²) in [5.41, 5.74) is 5.12. The summed E-state index contributed by atoms with van der Waals surface area (Å²) >= 11 is 0. The van der Waals surface area contributed by atoms with Crippen molar-refractivity contribution in [1.82, 2.24) is 4.98 Å². The van der Waals surface area contributed by atoms with Crippen molar-refractivity contribution in [3.05, 3.63) is 78.2 Å². The summed E-state index contributed by atoms with van der Waals surface area (Å²) in [5.74, 6) is 0.0923. The quantitative estimate of drug-likeness (QED) is 0.605. The molecule has 0 fully saturated rings. The van der Waals surface area contributed by atoms with E-state index in [9.17, 15) is 4.39 Å². The molecular weight excluding hydrogens is 273 g/mol. The average molecular weight is 291 g/mol. The zero-order valence-corrected chi connectivity index (χ0v) is 12.8. The minimum absolute atomic E-state index is 0.259. The SMILES string of the molecule is CC(C)c1ccc(-c2ccccc2)cc1-c1cc(F)ccn1. The Bertz CT molecular complexity index is 779. The Morgan fingerprint density at radius 2 is 1.64 bits per heavy atom. The Labute approximate surface area is 130 Å². The standard InChI is InChI=1S/C20H18FN/c1-14(2)18-9-8-16(15-6-4-3-5-7-15)12-19(18)20-13-17(21)10-11-22-20/h3-14H,1-2H3. The first kappa shape index (κ1) is 14.5. The first-order valence-electron chi connectivity index (χ1n) is 7.46. The van der Waals surface area contributed by atoms with E-state index in [2.05, 4.69) is 49.2 Å². The van der Waals surface area contributed by atoms with E-state index in [1.54, 1.807) is 0 Å². The number of pyridine rings is 1. The molecule has 0 aliphatic heterocycles. The van der Waals surface area contributed by atoms with Crippen LogP contribution in [-0.2, 0) is 0 Å². The Morgan fingerprint density at radius 3 is 2.32 bits per heavy atom. The van der Waals surface area contributed by atoms with E-state index in [1.807, 2.05) is 18.2 Å². The number of aromatic nitrogens is 1. The van der Waals surface area contributed by atoms with Crippen LogP contribution in [-0.4, -0.2) is 4.98 Å².